The number of rotatable bonds is 6. The van der Waals surface area contributed by atoms with Gasteiger partial charge in [0.1, 0.15) is 0 Å². The molecule has 2 rings (SSSR count). The van der Waals surface area contributed by atoms with Crippen LogP contribution in [0.2, 0.25) is 0 Å². The highest BCUT2D eigenvalue weighted by Crippen LogP contribution is 2.20. The molecule has 2 N–H and O–H groups in total. The number of hydrogen-bond acceptors (Lipinski definition) is 2. The minimum atomic E-state index is 0.0774. The molecule has 0 radical (unpaired) electrons. The molecule has 2 heteroatoms. The standard InChI is InChI=1S/C18H26N2/c1-4-11-20(14(2)3)13-18(19)17-10-9-15-7-5-6-8-16(15)12-17/h5-10,12,14,18H,4,11,13,19H2,1-3H3. The van der Waals surface area contributed by atoms with Crippen molar-refractivity contribution < 1.29 is 0 Å². The lowest BCUT2D eigenvalue weighted by atomic mass is 10.0. The first-order valence-electron chi connectivity index (χ1n) is 7.60. The van der Waals surface area contributed by atoms with E-state index in [0.29, 0.717) is 6.04 Å². The Morgan fingerprint density at radius 3 is 2.40 bits per heavy atom. The van der Waals surface area contributed by atoms with E-state index in [-0.39, 0.29) is 6.04 Å². The van der Waals surface area contributed by atoms with Crippen molar-refractivity contribution in [2.45, 2.75) is 39.3 Å². The van der Waals surface area contributed by atoms with Gasteiger partial charge < -0.3 is 5.73 Å². The smallest absolute Gasteiger partial charge is 0.0424 e. The van der Waals surface area contributed by atoms with Crippen molar-refractivity contribution in [1.29, 1.82) is 0 Å². The van der Waals surface area contributed by atoms with Crippen LogP contribution in [0.15, 0.2) is 42.5 Å². The van der Waals surface area contributed by atoms with Gasteiger partial charge >= 0.3 is 0 Å². The molecule has 108 valence electrons. The van der Waals surface area contributed by atoms with Crippen LogP contribution in [0.3, 0.4) is 0 Å². The van der Waals surface area contributed by atoms with Crippen LogP contribution in [0.25, 0.3) is 10.8 Å². The van der Waals surface area contributed by atoms with Crippen LogP contribution in [0.5, 0.6) is 0 Å². The predicted octanol–water partition coefficient (Wildman–Crippen LogP) is 3.96. The lowest BCUT2D eigenvalue weighted by Gasteiger charge is -2.29. The third kappa shape index (κ3) is 3.59. The van der Waals surface area contributed by atoms with Crippen LogP contribution in [0.4, 0.5) is 0 Å². The maximum absolute atomic E-state index is 6.41. The van der Waals surface area contributed by atoms with E-state index >= 15 is 0 Å². The maximum atomic E-state index is 6.41. The van der Waals surface area contributed by atoms with E-state index in [0.717, 1.165) is 13.1 Å². The number of nitrogens with zero attached hydrogens (tertiary/aromatic N) is 1. The van der Waals surface area contributed by atoms with Crippen LogP contribution in [-0.2, 0) is 0 Å². The monoisotopic (exact) mass is 270 g/mol. The average molecular weight is 270 g/mol. The lowest BCUT2D eigenvalue weighted by Crippen LogP contribution is -2.37. The third-order valence-electron chi connectivity index (χ3n) is 3.87. The molecule has 0 saturated carbocycles. The summed E-state index contributed by atoms with van der Waals surface area (Å²) in [6.07, 6.45) is 1.17. The molecular formula is C18H26N2. The van der Waals surface area contributed by atoms with E-state index in [1.54, 1.807) is 0 Å². The second-order valence-corrected chi connectivity index (χ2v) is 5.80. The zero-order valence-electron chi connectivity index (χ0n) is 12.8. The van der Waals surface area contributed by atoms with Gasteiger partial charge in [0.2, 0.25) is 0 Å². The molecule has 2 nitrogen and oxygen atoms in total. The first-order chi connectivity index (χ1) is 9.61. The maximum Gasteiger partial charge on any atom is 0.0424 e. The Bertz CT molecular complexity index is 548. The fourth-order valence-electron chi connectivity index (χ4n) is 2.64. The third-order valence-corrected chi connectivity index (χ3v) is 3.87. The van der Waals surface area contributed by atoms with Gasteiger partial charge in [-0.05, 0) is 49.2 Å². The minimum Gasteiger partial charge on any atom is -0.323 e. The van der Waals surface area contributed by atoms with Crippen molar-refractivity contribution in [3.05, 3.63) is 48.0 Å². The predicted molar refractivity (Wildman–Crippen MR) is 87.9 cm³/mol. The summed E-state index contributed by atoms with van der Waals surface area (Å²) in [5.41, 5.74) is 7.64. The van der Waals surface area contributed by atoms with Crippen LogP contribution >= 0.6 is 0 Å². The molecule has 0 aliphatic heterocycles. The van der Waals surface area contributed by atoms with E-state index in [4.69, 9.17) is 5.73 Å². The Morgan fingerprint density at radius 1 is 1.05 bits per heavy atom. The Labute approximate surface area is 122 Å². The molecule has 1 unspecified atom stereocenters. The SMILES string of the molecule is CCCN(CC(N)c1ccc2ccccc2c1)C(C)C. The summed E-state index contributed by atoms with van der Waals surface area (Å²) in [5.74, 6) is 0. The van der Waals surface area contributed by atoms with Crippen LogP contribution in [-0.4, -0.2) is 24.0 Å². The zero-order chi connectivity index (χ0) is 14.5. The van der Waals surface area contributed by atoms with Gasteiger partial charge in [-0.2, -0.15) is 0 Å². The van der Waals surface area contributed by atoms with E-state index in [9.17, 15) is 0 Å². The minimum absolute atomic E-state index is 0.0774. The second-order valence-electron chi connectivity index (χ2n) is 5.80. The topological polar surface area (TPSA) is 29.3 Å². The number of hydrogen-bond donors (Lipinski definition) is 1. The average Bonchev–Trinajstić information content (AvgIpc) is 2.46. The van der Waals surface area contributed by atoms with Crippen LogP contribution in [0.1, 0.15) is 38.8 Å². The Hall–Kier alpha value is -1.38. The highest BCUT2D eigenvalue weighted by molar-refractivity contribution is 5.83. The molecular weight excluding hydrogens is 244 g/mol. The fourth-order valence-corrected chi connectivity index (χ4v) is 2.64. The quantitative estimate of drug-likeness (QED) is 0.861. The zero-order valence-corrected chi connectivity index (χ0v) is 12.8. The normalized spacial score (nSPS) is 13.3. The van der Waals surface area contributed by atoms with Gasteiger partial charge in [-0.1, -0.05) is 43.3 Å². The first kappa shape index (κ1) is 15.0. The molecule has 0 heterocycles. The Morgan fingerprint density at radius 2 is 1.75 bits per heavy atom. The summed E-state index contributed by atoms with van der Waals surface area (Å²) in [4.78, 5) is 2.46. The van der Waals surface area contributed by atoms with Crippen LogP contribution < -0.4 is 5.73 Å². The molecule has 0 saturated heterocycles. The van der Waals surface area contributed by atoms with Crippen molar-refractivity contribution in [1.82, 2.24) is 4.90 Å². The van der Waals surface area contributed by atoms with Gasteiger partial charge in [-0.25, -0.2) is 0 Å². The molecule has 0 aliphatic rings. The highest BCUT2D eigenvalue weighted by Gasteiger charge is 2.14. The molecule has 20 heavy (non-hydrogen) atoms. The Kier molecular flexibility index (Phi) is 5.16. The summed E-state index contributed by atoms with van der Waals surface area (Å²) in [6.45, 7) is 8.73. The highest BCUT2D eigenvalue weighted by atomic mass is 15.2. The molecule has 2 aromatic carbocycles. The van der Waals surface area contributed by atoms with Gasteiger partial charge in [-0.15, -0.1) is 0 Å². The summed E-state index contributed by atoms with van der Waals surface area (Å²) in [5, 5.41) is 2.55. The van der Waals surface area contributed by atoms with Crippen LogP contribution in [0, 0.1) is 0 Å². The van der Waals surface area contributed by atoms with E-state index in [2.05, 4.69) is 68.1 Å². The number of nitrogens with two attached hydrogens (primary N) is 1. The summed E-state index contributed by atoms with van der Waals surface area (Å²) < 4.78 is 0. The van der Waals surface area contributed by atoms with E-state index in [1.807, 2.05) is 0 Å². The lowest BCUT2D eigenvalue weighted by molar-refractivity contribution is 0.209. The number of benzene rings is 2. The summed E-state index contributed by atoms with van der Waals surface area (Å²) in [6, 6.07) is 15.6. The van der Waals surface area contributed by atoms with Gasteiger partial charge in [0.05, 0.1) is 0 Å². The van der Waals surface area contributed by atoms with Crippen molar-refractivity contribution in [2.75, 3.05) is 13.1 Å². The van der Waals surface area contributed by atoms with Crippen molar-refractivity contribution in [2.24, 2.45) is 5.73 Å². The molecule has 2 aromatic rings. The fraction of sp³-hybridized carbons (Fsp3) is 0.444. The molecule has 0 aliphatic carbocycles. The summed E-state index contributed by atoms with van der Waals surface area (Å²) in [7, 11) is 0. The van der Waals surface area contributed by atoms with Gasteiger partial charge in [-0.3, -0.25) is 4.90 Å². The second kappa shape index (κ2) is 6.87. The van der Waals surface area contributed by atoms with Crippen molar-refractivity contribution >= 4 is 10.8 Å². The largest absolute Gasteiger partial charge is 0.323 e. The first-order valence-corrected chi connectivity index (χ1v) is 7.60. The van der Waals surface area contributed by atoms with Gasteiger partial charge in [0, 0.05) is 18.6 Å². The van der Waals surface area contributed by atoms with Gasteiger partial charge in [0.15, 0.2) is 0 Å². The number of fused-ring (bicyclic) bond motifs is 1. The molecule has 1 atom stereocenters. The molecule has 0 fully saturated rings. The van der Waals surface area contributed by atoms with E-state index in [1.165, 1.54) is 22.8 Å². The van der Waals surface area contributed by atoms with E-state index < -0.39 is 0 Å². The van der Waals surface area contributed by atoms with Crippen molar-refractivity contribution in [3.8, 4) is 0 Å². The van der Waals surface area contributed by atoms with Gasteiger partial charge in [0.25, 0.3) is 0 Å². The summed E-state index contributed by atoms with van der Waals surface area (Å²) >= 11 is 0. The molecule has 0 aromatic heterocycles. The molecule has 0 bridgehead atoms. The molecule has 0 amide bonds. The van der Waals surface area contributed by atoms with Crippen molar-refractivity contribution in [3.63, 3.8) is 0 Å². The Balaban J connectivity index is 2.15. The molecule has 0 spiro atoms.